The van der Waals surface area contributed by atoms with E-state index < -0.39 is 0 Å². The zero-order valence-electron chi connectivity index (χ0n) is 10.7. The Morgan fingerprint density at radius 2 is 2.18 bits per heavy atom. The van der Waals surface area contributed by atoms with Gasteiger partial charge in [0.15, 0.2) is 0 Å². The minimum absolute atomic E-state index is 0.564. The molecule has 2 fully saturated rings. The van der Waals surface area contributed by atoms with Crippen LogP contribution in [0.5, 0.6) is 0 Å². The van der Waals surface area contributed by atoms with Crippen LogP contribution in [0.3, 0.4) is 0 Å². The Bertz CT molecular complexity index is 376. The van der Waals surface area contributed by atoms with Crippen molar-refractivity contribution in [2.75, 3.05) is 26.2 Å². The number of hydrogen-bond acceptors (Lipinski definition) is 2. The number of hydrogen-bond donors (Lipinski definition) is 1. The van der Waals surface area contributed by atoms with Gasteiger partial charge in [0, 0.05) is 25.0 Å². The van der Waals surface area contributed by atoms with E-state index in [-0.39, 0.29) is 0 Å². The maximum absolute atomic E-state index is 3.56. The van der Waals surface area contributed by atoms with Crippen molar-refractivity contribution in [3.63, 3.8) is 0 Å². The highest BCUT2D eigenvalue weighted by molar-refractivity contribution is 5.15. The van der Waals surface area contributed by atoms with Crippen LogP contribution in [0.25, 0.3) is 0 Å². The molecular weight excluding hydrogens is 208 g/mol. The summed E-state index contributed by atoms with van der Waals surface area (Å²) in [4.78, 5) is 2.62. The van der Waals surface area contributed by atoms with E-state index >= 15 is 0 Å². The summed E-state index contributed by atoms with van der Waals surface area (Å²) in [6.07, 6.45) is 1.37. The van der Waals surface area contributed by atoms with Crippen molar-refractivity contribution in [2.24, 2.45) is 11.3 Å². The van der Waals surface area contributed by atoms with E-state index in [4.69, 9.17) is 0 Å². The number of rotatable bonds is 2. The van der Waals surface area contributed by atoms with Gasteiger partial charge in [-0.05, 0) is 31.0 Å². The lowest BCUT2D eigenvalue weighted by molar-refractivity contribution is 0.222. The van der Waals surface area contributed by atoms with Crippen molar-refractivity contribution in [2.45, 2.75) is 19.9 Å². The van der Waals surface area contributed by atoms with Crippen LogP contribution >= 0.6 is 0 Å². The first-order chi connectivity index (χ1) is 8.28. The van der Waals surface area contributed by atoms with Crippen LogP contribution < -0.4 is 5.32 Å². The van der Waals surface area contributed by atoms with E-state index in [9.17, 15) is 0 Å². The second-order valence-corrected chi connectivity index (χ2v) is 5.84. The lowest BCUT2D eigenvalue weighted by Crippen LogP contribution is -2.32. The van der Waals surface area contributed by atoms with Crippen LogP contribution in [0.15, 0.2) is 30.3 Å². The normalized spacial score (nSPS) is 33.6. The van der Waals surface area contributed by atoms with Gasteiger partial charge >= 0.3 is 0 Å². The molecule has 1 N–H and O–H groups in total. The van der Waals surface area contributed by atoms with Gasteiger partial charge in [0.05, 0.1) is 0 Å². The molecule has 1 aromatic carbocycles. The van der Waals surface area contributed by atoms with Gasteiger partial charge < -0.3 is 5.32 Å². The van der Waals surface area contributed by atoms with Crippen LogP contribution in [0.2, 0.25) is 0 Å². The molecule has 0 aliphatic carbocycles. The van der Waals surface area contributed by atoms with Gasteiger partial charge in [-0.25, -0.2) is 0 Å². The summed E-state index contributed by atoms with van der Waals surface area (Å²) in [5, 5.41) is 3.56. The highest BCUT2D eigenvalue weighted by Crippen LogP contribution is 2.40. The van der Waals surface area contributed by atoms with Crippen molar-refractivity contribution in [3.05, 3.63) is 35.9 Å². The fraction of sp³-hybridized carbons (Fsp3) is 0.600. The molecule has 1 spiro atoms. The molecule has 92 valence electrons. The van der Waals surface area contributed by atoms with Gasteiger partial charge in [-0.15, -0.1) is 0 Å². The average Bonchev–Trinajstić information content (AvgIpc) is 2.90. The minimum Gasteiger partial charge on any atom is -0.316 e. The van der Waals surface area contributed by atoms with E-state index in [2.05, 4.69) is 47.5 Å². The van der Waals surface area contributed by atoms with Crippen molar-refractivity contribution in [3.8, 4) is 0 Å². The smallest absolute Gasteiger partial charge is 0.0233 e. The minimum atomic E-state index is 0.564. The SMILES string of the molecule is CC1CNCC12CCN(Cc1ccccc1)C2. The third-order valence-corrected chi connectivity index (χ3v) is 4.69. The van der Waals surface area contributed by atoms with Crippen LogP contribution in [-0.4, -0.2) is 31.1 Å². The summed E-state index contributed by atoms with van der Waals surface area (Å²) >= 11 is 0. The van der Waals surface area contributed by atoms with Gasteiger partial charge in [-0.3, -0.25) is 4.90 Å². The molecule has 3 rings (SSSR count). The fourth-order valence-electron chi connectivity index (χ4n) is 3.44. The van der Waals surface area contributed by atoms with Gasteiger partial charge in [0.1, 0.15) is 0 Å². The molecule has 2 aliphatic rings. The predicted octanol–water partition coefficient (Wildman–Crippen LogP) is 2.12. The third-order valence-electron chi connectivity index (χ3n) is 4.69. The molecule has 17 heavy (non-hydrogen) atoms. The summed E-state index contributed by atoms with van der Waals surface area (Å²) in [5.41, 5.74) is 2.01. The van der Waals surface area contributed by atoms with Crippen molar-refractivity contribution in [1.29, 1.82) is 0 Å². The zero-order chi connectivity index (χ0) is 11.7. The van der Waals surface area contributed by atoms with E-state index in [0.717, 1.165) is 12.5 Å². The fourth-order valence-corrected chi connectivity index (χ4v) is 3.44. The Kier molecular flexibility index (Phi) is 2.93. The van der Waals surface area contributed by atoms with E-state index in [0.29, 0.717) is 5.41 Å². The Morgan fingerprint density at radius 1 is 1.35 bits per heavy atom. The first kappa shape index (κ1) is 11.2. The molecule has 2 nitrogen and oxygen atoms in total. The molecule has 0 aromatic heterocycles. The van der Waals surface area contributed by atoms with Crippen LogP contribution in [0.4, 0.5) is 0 Å². The molecule has 1 aromatic rings. The standard InChI is InChI=1S/C15H22N2/c1-13-9-16-11-15(13)7-8-17(12-15)10-14-5-3-2-4-6-14/h2-6,13,16H,7-12H2,1H3. The molecule has 2 atom stereocenters. The van der Waals surface area contributed by atoms with Crippen molar-refractivity contribution >= 4 is 0 Å². The highest BCUT2D eigenvalue weighted by atomic mass is 15.2. The zero-order valence-corrected chi connectivity index (χ0v) is 10.7. The summed E-state index contributed by atoms with van der Waals surface area (Å²) in [7, 11) is 0. The van der Waals surface area contributed by atoms with E-state index in [1.165, 1.54) is 38.2 Å². The van der Waals surface area contributed by atoms with Crippen LogP contribution in [0.1, 0.15) is 18.9 Å². The van der Waals surface area contributed by atoms with Crippen molar-refractivity contribution < 1.29 is 0 Å². The highest BCUT2D eigenvalue weighted by Gasteiger charge is 2.44. The maximum Gasteiger partial charge on any atom is 0.0233 e. The molecule has 2 unspecified atom stereocenters. The third kappa shape index (κ3) is 2.12. The lowest BCUT2D eigenvalue weighted by atomic mass is 9.78. The summed E-state index contributed by atoms with van der Waals surface area (Å²) in [5.74, 6) is 0.836. The molecule has 0 saturated carbocycles. The quantitative estimate of drug-likeness (QED) is 0.837. The molecule has 2 heteroatoms. The molecule has 2 saturated heterocycles. The number of likely N-dealkylation sites (tertiary alicyclic amines) is 1. The maximum atomic E-state index is 3.56. The molecule has 2 heterocycles. The molecule has 0 radical (unpaired) electrons. The molecule has 0 bridgehead atoms. The lowest BCUT2D eigenvalue weighted by Gasteiger charge is -2.28. The van der Waals surface area contributed by atoms with Gasteiger partial charge in [0.2, 0.25) is 0 Å². The summed E-state index contributed by atoms with van der Waals surface area (Å²) < 4.78 is 0. The van der Waals surface area contributed by atoms with Crippen molar-refractivity contribution in [1.82, 2.24) is 10.2 Å². The number of benzene rings is 1. The predicted molar refractivity (Wildman–Crippen MR) is 70.8 cm³/mol. The Labute approximate surface area is 104 Å². The van der Waals surface area contributed by atoms with Gasteiger partial charge in [-0.2, -0.15) is 0 Å². The number of nitrogens with zero attached hydrogens (tertiary/aromatic N) is 1. The summed E-state index contributed by atoms with van der Waals surface area (Å²) in [6, 6.07) is 10.8. The summed E-state index contributed by atoms with van der Waals surface area (Å²) in [6.45, 7) is 8.50. The van der Waals surface area contributed by atoms with E-state index in [1.54, 1.807) is 0 Å². The monoisotopic (exact) mass is 230 g/mol. The molecule has 0 amide bonds. The second-order valence-electron chi connectivity index (χ2n) is 5.84. The first-order valence-electron chi connectivity index (χ1n) is 6.75. The van der Waals surface area contributed by atoms with Gasteiger partial charge in [-0.1, -0.05) is 37.3 Å². The average molecular weight is 230 g/mol. The Hall–Kier alpha value is -0.860. The first-order valence-corrected chi connectivity index (χ1v) is 6.75. The van der Waals surface area contributed by atoms with Crippen LogP contribution in [-0.2, 0) is 6.54 Å². The molecular formula is C15H22N2. The Balaban J connectivity index is 1.65. The topological polar surface area (TPSA) is 15.3 Å². The molecule has 2 aliphatic heterocycles. The van der Waals surface area contributed by atoms with Gasteiger partial charge in [0.25, 0.3) is 0 Å². The van der Waals surface area contributed by atoms with Crippen LogP contribution in [0, 0.1) is 11.3 Å². The Morgan fingerprint density at radius 3 is 2.88 bits per heavy atom. The van der Waals surface area contributed by atoms with E-state index in [1.807, 2.05) is 0 Å². The number of nitrogens with one attached hydrogen (secondary N) is 1. The second kappa shape index (κ2) is 4.43. The largest absolute Gasteiger partial charge is 0.316 e.